The Morgan fingerprint density at radius 1 is 0.815 bits per heavy atom. The van der Waals surface area contributed by atoms with Gasteiger partial charge in [0, 0.05) is 18.1 Å². The minimum atomic E-state index is -1.46. The molecule has 0 radical (unpaired) electrons. The molecule has 0 saturated carbocycles. The smallest absolute Gasteiger partial charge is 0.379 e. The molecular formula is C20H18O7. The third kappa shape index (κ3) is 6.16. The lowest BCUT2D eigenvalue weighted by Gasteiger charge is -2.16. The maximum absolute atomic E-state index is 12.3. The van der Waals surface area contributed by atoms with Crippen LogP contribution in [0.5, 0.6) is 0 Å². The predicted octanol–water partition coefficient (Wildman–Crippen LogP) is 2.20. The largest absolute Gasteiger partial charge is 0.457 e. The zero-order valence-electron chi connectivity index (χ0n) is 14.6. The van der Waals surface area contributed by atoms with Crippen molar-refractivity contribution in [2.75, 3.05) is 13.2 Å². The molecule has 0 aliphatic heterocycles. The van der Waals surface area contributed by atoms with E-state index in [0.29, 0.717) is 5.56 Å². The van der Waals surface area contributed by atoms with E-state index >= 15 is 0 Å². The van der Waals surface area contributed by atoms with Gasteiger partial charge in [-0.2, -0.15) is 0 Å². The number of hydrogen-bond acceptors (Lipinski definition) is 7. The second-order valence-electron chi connectivity index (χ2n) is 5.37. The summed E-state index contributed by atoms with van der Waals surface area (Å²) in [6.07, 6.45) is -1.46. The molecule has 2 aromatic rings. The number of benzene rings is 2. The molecule has 0 amide bonds. The highest BCUT2D eigenvalue weighted by molar-refractivity contribution is 6.40. The van der Waals surface area contributed by atoms with E-state index in [2.05, 4.69) is 0 Å². The molecule has 0 aliphatic carbocycles. The van der Waals surface area contributed by atoms with E-state index in [9.17, 15) is 19.2 Å². The van der Waals surface area contributed by atoms with Gasteiger partial charge in [-0.1, -0.05) is 60.7 Å². The van der Waals surface area contributed by atoms with Crippen molar-refractivity contribution in [3.8, 4) is 0 Å². The van der Waals surface area contributed by atoms with Crippen LogP contribution in [0.3, 0.4) is 0 Å². The Kier molecular flexibility index (Phi) is 7.39. The fraction of sp³-hybridized carbons (Fsp3) is 0.200. The number of carbonyl (C=O) groups excluding carboxylic acids is 4. The zero-order valence-corrected chi connectivity index (χ0v) is 14.6. The Morgan fingerprint density at radius 2 is 1.37 bits per heavy atom. The summed E-state index contributed by atoms with van der Waals surface area (Å²) in [5.74, 6) is -3.06. The average Bonchev–Trinajstić information content (AvgIpc) is 2.70. The van der Waals surface area contributed by atoms with Crippen LogP contribution >= 0.6 is 0 Å². The normalized spacial score (nSPS) is 11.3. The van der Waals surface area contributed by atoms with E-state index in [1.54, 1.807) is 48.5 Å². The first-order valence-corrected chi connectivity index (χ1v) is 8.13. The van der Waals surface area contributed by atoms with Crippen LogP contribution in [-0.2, 0) is 23.8 Å². The van der Waals surface area contributed by atoms with Crippen LogP contribution in [0, 0.1) is 0 Å². The molecule has 0 aromatic heterocycles. The lowest BCUT2D eigenvalue weighted by atomic mass is 10.1. The third-order valence-corrected chi connectivity index (χ3v) is 3.35. The Hall–Kier alpha value is -3.32. The molecule has 0 heterocycles. The molecule has 2 rings (SSSR count). The van der Waals surface area contributed by atoms with E-state index in [0.717, 1.165) is 6.92 Å². The molecule has 1 unspecified atom stereocenters. The quantitative estimate of drug-likeness (QED) is 0.219. The maximum atomic E-state index is 12.3. The molecular weight excluding hydrogens is 352 g/mol. The highest BCUT2D eigenvalue weighted by atomic mass is 16.7. The summed E-state index contributed by atoms with van der Waals surface area (Å²) in [7, 11) is 0. The van der Waals surface area contributed by atoms with Crippen molar-refractivity contribution in [1.29, 1.82) is 0 Å². The summed E-state index contributed by atoms with van der Waals surface area (Å²) in [5.41, 5.74) is 0.514. The van der Waals surface area contributed by atoms with Crippen molar-refractivity contribution in [2.45, 2.75) is 13.2 Å². The second kappa shape index (κ2) is 9.98. The van der Waals surface area contributed by atoms with Crippen LogP contribution < -0.4 is 0 Å². The Labute approximate surface area is 155 Å². The van der Waals surface area contributed by atoms with Crippen LogP contribution in [0.4, 0.5) is 0 Å². The van der Waals surface area contributed by atoms with Crippen molar-refractivity contribution in [3.63, 3.8) is 0 Å². The predicted molar refractivity (Wildman–Crippen MR) is 94.0 cm³/mol. The van der Waals surface area contributed by atoms with E-state index < -0.39 is 29.8 Å². The van der Waals surface area contributed by atoms with Crippen LogP contribution in [0.1, 0.15) is 27.6 Å². The first-order chi connectivity index (χ1) is 13.0. The van der Waals surface area contributed by atoms with E-state index in [1.807, 2.05) is 0 Å². The van der Waals surface area contributed by atoms with Gasteiger partial charge < -0.3 is 14.2 Å². The highest BCUT2D eigenvalue weighted by Crippen LogP contribution is 2.08. The Morgan fingerprint density at radius 3 is 1.93 bits per heavy atom. The van der Waals surface area contributed by atoms with Crippen molar-refractivity contribution >= 4 is 23.5 Å². The molecule has 0 N–H and O–H groups in total. The fourth-order valence-electron chi connectivity index (χ4n) is 2.11. The summed E-state index contributed by atoms with van der Waals surface area (Å²) in [4.78, 5) is 47.1. The molecule has 0 bridgehead atoms. The van der Waals surface area contributed by atoms with Crippen LogP contribution in [0.2, 0.25) is 0 Å². The summed E-state index contributed by atoms with van der Waals surface area (Å²) < 4.78 is 14.9. The molecule has 27 heavy (non-hydrogen) atoms. The molecule has 0 aliphatic rings. The average molecular weight is 370 g/mol. The minimum absolute atomic E-state index is 0.209. The zero-order chi connectivity index (χ0) is 19.6. The number of carbonyl (C=O) groups is 4. The van der Waals surface area contributed by atoms with Gasteiger partial charge in [-0.15, -0.1) is 0 Å². The molecule has 7 heteroatoms. The number of ether oxygens (including phenoxy) is 3. The van der Waals surface area contributed by atoms with E-state index in [1.165, 1.54) is 12.1 Å². The van der Waals surface area contributed by atoms with Crippen LogP contribution in [-0.4, -0.2) is 43.0 Å². The highest BCUT2D eigenvalue weighted by Gasteiger charge is 2.24. The standard InChI is InChI=1S/C20H18O7/c1-14(21)27-20(18(23)16-10-6-3-7-11-16)26-13-12-25-19(24)17(22)15-8-4-2-5-9-15/h2-11,20H,12-13H2,1H3. The van der Waals surface area contributed by atoms with Crippen LogP contribution in [0.15, 0.2) is 60.7 Å². The molecule has 7 nitrogen and oxygen atoms in total. The Bertz CT molecular complexity index is 800. The molecule has 0 spiro atoms. The molecule has 0 fully saturated rings. The van der Waals surface area contributed by atoms with Gasteiger partial charge in [0.05, 0.1) is 6.61 Å². The number of ketones is 2. The van der Waals surface area contributed by atoms with Crippen molar-refractivity contribution in [1.82, 2.24) is 0 Å². The van der Waals surface area contributed by atoms with Crippen LogP contribution in [0.25, 0.3) is 0 Å². The molecule has 2 aromatic carbocycles. The fourth-order valence-corrected chi connectivity index (χ4v) is 2.11. The van der Waals surface area contributed by atoms with Gasteiger partial charge in [0.1, 0.15) is 6.61 Å². The van der Waals surface area contributed by atoms with Gasteiger partial charge in [-0.25, -0.2) is 4.79 Å². The third-order valence-electron chi connectivity index (χ3n) is 3.35. The van der Waals surface area contributed by atoms with Gasteiger partial charge >= 0.3 is 11.9 Å². The number of Topliss-reactive ketones (excluding diaryl/α,β-unsaturated/α-hetero) is 2. The van der Waals surface area contributed by atoms with Crippen molar-refractivity contribution in [3.05, 3.63) is 71.8 Å². The van der Waals surface area contributed by atoms with Gasteiger partial charge in [-0.05, 0) is 0 Å². The van der Waals surface area contributed by atoms with Crippen molar-refractivity contribution in [2.24, 2.45) is 0 Å². The maximum Gasteiger partial charge on any atom is 0.379 e. The first kappa shape index (κ1) is 20.0. The van der Waals surface area contributed by atoms with Gasteiger partial charge in [-0.3, -0.25) is 14.4 Å². The number of esters is 2. The first-order valence-electron chi connectivity index (χ1n) is 8.13. The molecule has 140 valence electrons. The lowest BCUT2D eigenvalue weighted by molar-refractivity contribution is -0.169. The topological polar surface area (TPSA) is 96.0 Å². The Balaban J connectivity index is 1.86. The van der Waals surface area contributed by atoms with Gasteiger partial charge in [0.15, 0.2) is 0 Å². The van der Waals surface area contributed by atoms with Crippen molar-refractivity contribution < 1.29 is 33.4 Å². The number of rotatable bonds is 9. The number of hydrogen-bond donors (Lipinski definition) is 0. The van der Waals surface area contributed by atoms with E-state index in [-0.39, 0.29) is 18.8 Å². The monoisotopic (exact) mass is 370 g/mol. The lowest BCUT2D eigenvalue weighted by Crippen LogP contribution is -2.31. The second-order valence-corrected chi connectivity index (χ2v) is 5.37. The van der Waals surface area contributed by atoms with Gasteiger partial charge in [0.25, 0.3) is 12.1 Å². The minimum Gasteiger partial charge on any atom is -0.457 e. The molecule has 0 saturated heterocycles. The summed E-state index contributed by atoms with van der Waals surface area (Å²) in [6.45, 7) is 0.634. The SMILES string of the molecule is CC(=O)OC(OCCOC(=O)C(=O)c1ccccc1)C(=O)c1ccccc1. The summed E-state index contributed by atoms with van der Waals surface area (Å²) in [5, 5.41) is 0. The van der Waals surface area contributed by atoms with E-state index in [4.69, 9.17) is 14.2 Å². The summed E-state index contributed by atoms with van der Waals surface area (Å²) in [6, 6.07) is 16.1. The van der Waals surface area contributed by atoms with Gasteiger partial charge in [0.2, 0.25) is 5.78 Å². The molecule has 1 atom stereocenters. The summed E-state index contributed by atoms with van der Waals surface area (Å²) >= 11 is 0.